The van der Waals surface area contributed by atoms with Gasteiger partial charge in [0.25, 0.3) is 0 Å². The van der Waals surface area contributed by atoms with E-state index in [1.54, 1.807) is 0 Å². The van der Waals surface area contributed by atoms with Gasteiger partial charge < -0.3 is 4.74 Å². The Morgan fingerprint density at radius 1 is 0.333 bits per heavy atom. The molecule has 0 atom stereocenters. The fourth-order valence-electron chi connectivity index (χ4n) is 6.68. The second-order valence-electron chi connectivity index (χ2n) is 10.5. The zero-order chi connectivity index (χ0) is 25.5. The maximum atomic E-state index is 6.35. The molecule has 1 aliphatic rings. The average molecular weight is 495 g/mol. The number of para-hydroxylation sites is 1. The van der Waals surface area contributed by atoms with Crippen LogP contribution in [0.3, 0.4) is 0 Å². The highest BCUT2D eigenvalue weighted by molar-refractivity contribution is 6.26. The minimum atomic E-state index is 0.920. The topological polar surface area (TPSA) is 9.23 Å². The Balaban J connectivity index is 1.30. The Kier molecular flexibility index (Phi) is 4.11. The van der Waals surface area contributed by atoms with Gasteiger partial charge >= 0.3 is 0 Å². The molecule has 0 aromatic heterocycles. The average Bonchev–Trinajstić information content (AvgIpc) is 3.00. The first-order valence-electron chi connectivity index (χ1n) is 13.4. The van der Waals surface area contributed by atoms with Crippen molar-refractivity contribution >= 4 is 43.1 Å². The van der Waals surface area contributed by atoms with Crippen LogP contribution in [0.25, 0.3) is 76.5 Å². The van der Waals surface area contributed by atoms with E-state index >= 15 is 0 Å². The van der Waals surface area contributed by atoms with Crippen LogP contribution < -0.4 is 4.74 Å². The lowest BCUT2D eigenvalue weighted by atomic mass is 9.86. The summed E-state index contributed by atoms with van der Waals surface area (Å²) in [7, 11) is 0. The van der Waals surface area contributed by atoms with E-state index in [4.69, 9.17) is 4.74 Å². The van der Waals surface area contributed by atoms with Gasteiger partial charge in [-0.15, -0.1) is 0 Å². The summed E-state index contributed by atoms with van der Waals surface area (Å²) in [4.78, 5) is 0. The van der Waals surface area contributed by atoms with E-state index in [9.17, 15) is 0 Å². The van der Waals surface area contributed by atoms with Crippen molar-refractivity contribution in [2.45, 2.75) is 0 Å². The van der Waals surface area contributed by atoms with Crippen molar-refractivity contribution in [1.82, 2.24) is 0 Å². The highest BCUT2D eigenvalue weighted by Crippen LogP contribution is 2.49. The molecule has 8 aromatic rings. The number of ether oxygens (including phenoxy) is 1. The maximum absolute atomic E-state index is 6.35. The predicted octanol–water partition coefficient (Wildman–Crippen LogP) is 10.8. The smallest absolute Gasteiger partial charge is 0.135 e. The van der Waals surface area contributed by atoms with Gasteiger partial charge in [-0.3, -0.25) is 0 Å². The molecule has 0 aliphatic carbocycles. The van der Waals surface area contributed by atoms with E-state index in [0.717, 1.165) is 17.1 Å². The van der Waals surface area contributed by atoms with Gasteiger partial charge in [-0.1, -0.05) is 109 Å². The maximum Gasteiger partial charge on any atom is 0.135 e. The third-order valence-corrected chi connectivity index (χ3v) is 8.39. The monoisotopic (exact) mass is 494 g/mol. The first kappa shape index (κ1) is 20.9. The number of hydrogen-bond acceptors (Lipinski definition) is 1. The minimum absolute atomic E-state index is 0.920. The fourth-order valence-corrected chi connectivity index (χ4v) is 6.68. The summed E-state index contributed by atoms with van der Waals surface area (Å²) in [6.45, 7) is 0. The molecule has 9 rings (SSSR count). The van der Waals surface area contributed by atoms with Crippen LogP contribution in [-0.2, 0) is 0 Å². The highest BCUT2D eigenvalue weighted by atomic mass is 16.5. The molecule has 1 nitrogen and oxygen atoms in total. The predicted molar refractivity (Wildman–Crippen MR) is 164 cm³/mol. The van der Waals surface area contributed by atoms with Crippen LogP contribution in [0.2, 0.25) is 0 Å². The molecule has 0 bridgehead atoms. The quantitative estimate of drug-likeness (QED) is 0.217. The second kappa shape index (κ2) is 7.69. The van der Waals surface area contributed by atoms with Crippen molar-refractivity contribution in [3.8, 4) is 44.9 Å². The van der Waals surface area contributed by atoms with Gasteiger partial charge in [0, 0.05) is 10.9 Å². The molecule has 180 valence electrons. The van der Waals surface area contributed by atoms with Gasteiger partial charge in [0.1, 0.15) is 11.5 Å². The van der Waals surface area contributed by atoms with E-state index in [-0.39, 0.29) is 0 Å². The zero-order valence-corrected chi connectivity index (χ0v) is 21.1. The van der Waals surface area contributed by atoms with Gasteiger partial charge in [-0.05, 0) is 89.8 Å². The molecule has 0 amide bonds. The standard InChI is InChI=1S/C38H22O/c1-2-7-23(8-3-1)28-17-15-24-13-14-25-21-27(22-26-16-18-33(28)37(24)36(25)26)29-19-20-35-38-31(29)10-6-11-32(38)30-9-4-5-12-34(30)39-35/h1-22H. The Labute approximate surface area is 225 Å². The Morgan fingerprint density at radius 3 is 1.90 bits per heavy atom. The molecule has 1 heteroatoms. The summed E-state index contributed by atoms with van der Waals surface area (Å²) in [6, 6.07) is 48.4. The summed E-state index contributed by atoms with van der Waals surface area (Å²) in [6.07, 6.45) is 0. The number of rotatable bonds is 2. The number of benzene rings is 8. The van der Waals surface area contributed by atoms with Crippen molar-refractivity contribution in [3.63, 3.8) is 0 Å². The van der Waals surface area contributed by atoms with Crippen LogP contribution in [0.5, 0.6) is 11.5 Å². The molecule has 1 aliphatic heterocycles. The molecule has 0 radical (unpaired) electrons. The van der Waals surface area contributed by atoms with Crippen LogP contribution in [0, 0.1) is 0 Å². The molecule has 0 unspecified atom stereocenters. The third-order valence-electron chi connectivity index (χ3n) is 8.39. The third kappa shape index (κ3) is 2.90. The summed E-state index contributed by atoms with van der Waals surface area (Å²) in [5.74, 6) is 1.84. The minimum Gasteiger partial charge on any atom is -0.456 e. The zero-order valence-electron chi connectivity index (χ0n) is 21.1. The van der Waals surface area contributed by atoms with Crippen molar-refractivity contribution in [1.29, 1.82) is 0 Å². The lowest BCUT2D eigenvalue weighted by molar-refractivity contribution is 0.487. The summed E-state index contributed by atoms with van der Waals surface area (Å²) in [5.41, 5.74) is 7.38. The fraction of sp³-hybridized carbons (Fsp3) is 0. The van der Waals surface area contributed by atoms with Gasteiger partial charge in [0.15, 0.2) is 0 Å². The molecule has 0 fully saturated rings. The summed E-state index contributed by atoms with van der Waals surface area (Å²) in [5, 5.41) is 10.2. The van der Waals surface area contributed by atoms with Crippen LogP contribution in [-0.4, -0.2) is 0 Å². The van der Waals surface area contributed by atoms with Crippen LogP contribution in [0.4, 0.5) is 0 Å². The molecule has 0 spiro atoms. The van der Waals surface area contributed by atoms with Crippen molar-refractivity contribution in [2.75, 3.05) is 0 Å². The largest absolute Gasteiger partial charge is 0.456 e. The molecule has 0 N–H and O–H groups in total. The Hall–Kier alpha value is -5.14. The van der Waals surface area contributed by atoms with Gasteiger partial charge in [-0.2, -0.15) is 0 Å². The van der Waals surface area contributed by atoms with Crippen LogP contribution in [0.1, 0.15) is 0 Å². The SMILES string of the molecule is c1ccc(-c2ccc3ccc4cc(-c5ccc6c7c(cccc57)-c5ccccc5O6)cc5ccc2c3c45)cc1. The van der Waals surface area contributed by atoms with Gasteiger partial charge in [0.05, 0.1) is 0 Å². The van der Waals surface area contributed by atoms with Crippen molar-refractivity contribution < 1.29 is 4.74 Å². The van der Waals surface area contributed by atoms with E-state index in [1.807, 2.05) is 12.1 Å². The molecule has 8 aromatic carbocycles. The second-order valence-corrected chi connectivity index (χ2v) is 10.5. The summed E-state index contributed by atoms with van der Waals surface area (Å²) < 4.78 is 6.35. The first-order chi connectivity index (χ1) is 19.3. The Morgan fingerprint density at radius 2 is 1.00 bits per heavy atom. The lowest BCUT2D eigenvalue weighted by Gasteiger charge is -2.22. The van der Waals surface area contributed by atoms with E-state index in [0.29, 0.717) is 0 Å². The molecule has 0 saturated heterocycles. The van der Waals surface area contributed by atoms with E-state index < -0.39 is 0 Å². The number of hydrogen-bond donors (Lipinski definition) is 0. The molecule has 1 heterocycles. The van der Waals surface area contributed by atoms with Gasteiger partial charge in [0.2, 0.25) is 0 Å². The Bertz CT molecular complexity index is 2220. The number of fused-ring (bicyclic) bond motifs is 2. The normalized spacial score (nSPS) is 12.3. The van der Waals surface area contributed by atoms with Crippen molar-refractivity contribution in [2.24, 2.45) is 0 Å². The first-order valence-corrected chi connectivity index (χ1v) is 13.4. The van der Waals surface area contributed by atoms with Crippen molar-refractivity contribution in [3.05, 3.63) is 133 Å². The van der Waals surface area contributed by atoms with E-state index in [2.05, 4.69) is 121 Å². The van der Waals surface area contributed by atoms with Crippen LogP contribution in [0.15, 0.2) is 133 Å². The highest BCUT2D eigenvalue weighted by Gasteiger charge is 2.21. The molecular formula is C38H22O. The summed E-state index contributed by atoms with van der Waals surface area (Å²) >= 11 is 0. The van der Waals surface area contributed by atoms with Crippen LogP contribution >= 0.6 is 0 Å². The molecular weight excluding hydrogens is 472 g/mol. The van der Waals surface area contributed by atoms with Gasteiger partial charge in [-0.25, -0.2) is 0 Å². The molecule has 0 saturated carbocycles. The van der Waals surface area contributed by atoms with E-state index in [1.165, 1.54) is 70.9 Å². The lowest BCUT2D eigenvalue weighted by Crippen LogP contribution is -1.97. The molecule has 39 heavy (non-hydrogen) atoms.